The molecule has 1 saturated heterocycles. The molecule has 1 atom stereocenters. The van der Waals surface area contributed by atoms with Crippen LogP contribution in [0.25, 0.3) is 11.4 Å². The maximum absolute atomic E-state index is 13.9. The van der Waals surface area contributed by atoms with Crippen molar-refractivity contribution in [3.05, 3.63) is 90.0 Å². The zero-order valence-corrected chi connectivity index (χ0v) is 23.8. The number of pyridine rings is 1. The van der Waals surface area contributed by atoms with E-state index >= 15 is 0 Å². The normalized spacial score (nSPS) is 14.2. The topological polar surface area (TPSA) is 137 Å². The van der Waals surface area contributed by atoms with E-state index in [0.29, 0.717) is 60.1 Å². The summed E-state index contributed by atoms with van der Waals surface area (Å²) < 4.78 is 19.9. The summed E-state index contributed by atoms with van der Waals surface area (Å²) in [4.78, 5) is 46.0. The standard InChI is InChI=1S/C32H32FN5O5/c1-19-3-8-26(33)27(15-19)37-32(42)36-23-4-6-24(7-5-23)43-25-9-12-34-29(17-25)28-16-22(18-35-28)30(39)38-13-10-21(11-14-38)20(2)31(40)41/h3-9,12,15-18,20-21,35H,10-11,13-14H2,1-2H3,(H,40,41)(H2,36,37,42). The molecule has 1 aliphatic rings. The number of urea groups is 1. The number of hydrogen-bond acceptors (Lipinski definition) is 5. The number of carboxylic acid groups (broad SMARTS) is 1. The van der Waals surface area contributed by atoms with Gasteiger partial charge in [-0.3, -0.25) is 14.6 Å². The van der Waals surface area contributed by atoms with Crippen molar-refractivity contribution in [3.8, 4) is 22.9 Å². The molecule has 10 nitrogen and oxygen atoms in total. The highest BCUT2D eigenvalue weighted by atomic mass is 19.1. The number of anilines is 2. The third-order valence-electron chi connectivity index (χ3n) is 7.58. The molecule has 5 rings (SSSR count). The Morgan fingerprint density at radius 1 is 1.02 bits per heavy atom. The van der Waals surface area contributed by atoms with Gasteiger partial charge >= 0.3 is 12.0 Å². The van der Waals surface area contributed by atoms with Gasteiger partial charge < -0.3 is 30.4 Å². The van der Waals surface area contributed by atoms with Gasteiger partial charge in [-0.05, 0) is 79.8 Å². The molecule has 4 aromatic rings. The zero-order chi connectivity index (χ0) is 30.5. The number of nitrogens with one attached hydrogen (secondary N) is 3. The summed E-state index contributed by atoms with van der Waals surface area (Å²) in [7, 11) is 0. The summed E-state index contributed by atoms with van der Waals surface area (Å²) >= 11 is 0. The van der Waals surface area contributed by atoms with Crippen LogP contribution in [0.3, 0.4) is 0 Å². The van der Waals surface area contributed by atoms with Crippen LogP contribution < -0.4 is 15.4 Å². The highest BCUT2D eigenvalue weighted by Crippen LogP contribution is 2.29. The molecule has 1 aliphatic heterocycles. The van der Waals surface area contributed by atoms with Gasteiger partial charge in [0.25, 0.3) is 5.91 Å². The molecule has 43 heavy (non-hydrogen) atoms. The molecule has 4 N–H and O–H groups in total. The monoisotopic (exact) mass is 585 g/mol. The largest absolute Gasteiger partial charge is 0.481 e. The molecule has 222 valence electrons. The van der Waals surface area contributed by atoms with Crippen LogP contribution in [0, 0.1) is 24.6 Å². The lowest BCUT2D eigenvalue weighted by Gasteiger charge is -2.33. The average molecular weight is 586 g/mol. The number of aromatic nitrogens is 2. The van der Waals surface area contributed by atoms with Crippen molar-refractivity contribution < 1.29 is 28.6 Å². The predicted molar refractivity (Wildman–Crippen MR) is 160 cm³/mol. The molecule has 0 bridgehead atoms. The molecule has 0 radical (unpaired) electrons. The van der Waals surface area contributed by atoms with Gasteiger partial charge in [0.15, 0.2) is 0 Å². The first-order valence-electron chi connectivity index (χ1n) is 14.0. The number of rotatable bonds is 8. The fourth-order valence-electron chi connectivity index (χ4n) is 5.04. The Hall–Kier alpha value is -5.19. The number of amides is 3. The highest BCUT2D eigenvalue weighted by molar-refractivity contribution is 6.00. The van der Waals surface area contributed by atoms with Gasteiger partial charge in [0.05, 0.1) is 28.6 Å². The van der Waals surface area contributed by atoms with Crippen LogP contribution in [0.15, 0.2) is 73.1 Å². The molecule has 3 amide bonds. The molecule has 3 heterocycles. The average Bonchev–Trinajstić information content (AvgIpc) is 3.50. The van der Waals surface area contributed by atoms with Crippen LogP contribution in [-0.4, -0.2) is 51.0 Å². The van der Waals surface area contributed by atoms with Crippen LogP contribution in [0.1, 0.15) is 35.7 Å². The van der Waals surface area contributed by atoms with Crippen LogP contribution in [0.2, 0.25) is 0 Å². The number of aliphatic carboxylic acids is 1. The first kappa shape index (κ1) is 29.3. The molecule has 1 unspecified atom stereocenters. The number of H-pyrrole nitrogens is 1. The van der Waals surface area contributed by atoms with Crippen LogP contribution >= 0.6 is 0 Å². The van der Waals surface area contributed by atoms with Crippen molar-refractivity contribution in [2.24, 2.45) is 11.8 Å². The summed E-state index contributed by atoms with van der Waals surface area (Å²) in [5, 5.41) is 14.4. The number of carboxylic acids is 1. The van der Waals surface area contributed by atoms with Crippen molar-refractivity contribution >= 4 is 29.3 Å². The van der Waals surface area contributed by atoms with Crippen molar-refractivity contribution in [2.45, 2.75) is 26.7 Å². The van der Waals surface area contributed by atoms with E-state index < -0.39 is 23.7 Å². The number of aromatic amines is 1. The van der Waals surface area contributed by atoms with Gasteiger partial charge in [-0.2, -0.15) is 0 Å². The molecule has 0 aliphatic carbocycles. The van der Waals surface area contributed by atoms with Gasteiger partial charge in [-0.15, -0.1) is 0 Å². The molecular weight excluding hydrogens is 553 g/mol. The Balaban J connectivity index is 1.17. The van der Waals surface area contributed by atoms with Crippen LogP contribution in [0.4, 0.5) is 20.6 Å². The van der Waals surface area contributed by atoms with E-state index in [4.69, 9.17) is 4.74 Å². The number of piperidine rings is 1. The number of halogens is 1. The first-order chi connectivity index (χ1) is 20.7. The first-order valence-corrected chi connectivity index (χ1v) is 14.0. The summed E-state index contributed by atoms with van der Waals surface area (Å²) in [6.07, 6.45) is 4.57. The van der Waals surface area contributed by atoms with Crippen molar-refractivity contribution in [2.75, 3.05) is 23.7 Å². The van der Waals surface area contributed by atoms with Gasteiger partial charge in [0.1, 0.15) is 17.3 Å². The second-order valence-electron chi connectivity index (χ2n) is 10.6. The summed E-state index contributed by atoms with van der Waals surface area (Å²) in [6.45, 7) is 4.57. The number of carbonyl (C=O) groups excluding carboxylic acids is 2. The summed E-state index contributed by atoms with van der Waals surface area (Å²) in [6, 6.07) is 15.8. The van der Waals surface area contributed by atoms with Crippen molar-refractivity contribution in [3.63, 3.8) is 0 Å². The van der Waals surface area contributed by atoms with E-state index in [1.807, 2.05) is 6.92 Å². The molecule has 0 saturated carbocycles. The Morgan fingerprint density at radius 2 is 1.77 bits per heavy atom. The SMILES string of the molecule is Cc1ccc(F)c(NC(=O)Nc2ccc(Oc3ccnc(-c4cc(C(=O)N5CCC(C(C)C(=O)O)CC5)c[nH]4)c3)cc2)c1. The van der Waals surface area contributed by atoms with Gasteiger partial charge in [0.2, 0.25) is 0 Å². The number of hydrogen-bond donors (Lipinski definition) is 4. The lowest BCUT2D eigenvalue weighted by atomic mass is 9.85. The Morgan fingerprint density at radius 3 is 2.49 bits per heavy atom. The quantitative estimate of drug-likeness (QED) is 0.186. The third kappa shape index (κ3) is 7.18. The minimum absolute atomic E-state index is 0.0669. The maximum atomic E-state index is 13.9. The third-order valence-corrected chi connectivity index (χ3v) is 7.58. The number of aryl methyl sites for hydroxylation is 1. The number of benzene rings is 2. The Bertz CT molecular complexity index is 1630. The van der Waals surface area contributed by atoms with E-state index in [0.717, 1.165) is 5.56 Å². The second kappa shape index (κ2) is 12.8. The molecule has 0 spiro atoms. The fourth-order valence-corrected chi connectivity index (χ4v) is 5.04. The molecule has 2 aromatic carbocycles. The lowest BCUT2D eigenvalue weighted by molar-refractivity contribution is -0.143. The molecular formula is C32H32FN5O5. The lowest BCUT2D eigenvalue weighted by Crippen LogP contribution is -2.40. The van der Waals surface area contributed by atoms with Crippen LogP contribution in [0.5, 0.6) is 11.5 Å². The minimum atomic E-state index is -0.801. The van der Waals surface area contributed by atoms with E-state index in [2.05, 4.69) is 20.6 Å². The fraction of sp³-hybridized carbons (Fsp3) is 0.250. The second-order valence-corrected chi connectivity index (χ2v) is 10.6. The van der Waals surface area contributed by atoms with Gasteiger partial charge in [0, 0.05) is 37.2 Å². The zero-order valence-electron chi connectivity index (χ0n) is 23.8. The van der Waals surface area contributed by atoms with Gasteiger partial charge in [-0.25, -0.2) is 9.18 Å². The van der Waals surface area contributed by atoms with E-state index in [-0.39, 0.29) is 17.5 Å². The van der Waals surface area contributed by atoms with E-state index in [9.17, 15) is 23.9 Å². The number of ether oxygens (including phenoxy) is 1. The predicted octanol–water partition coefficient (Wildman–Crippen LogP) is 6.53. The number of carbonyl (C=O) groups is 3. The van der Waals surface area contributed by atoms with E-state index in [1.54, 1.807) is 78.8 Å². The smallest absolute Gasteiger partial charge is 0.323 e. The number of likely N-dealkylation sites (tertiary alicyclic amines) is 1. The Kier molecular flexibility index (Phi) is 8.70. The highest BCUT2D eigenvalue weighted by Gasteiger charge is 2.30. The van der Waals surface area contributed by atoms with Crippen molar-refractivity contribution in [1.82, 2.24) is 14.9 Å². The van der Waals surface area contributed by atoms with Crippen LogP contribution in [-0.2, 0) is 4.79 Å². The molecule has 11 heteroatoms. The van der Waals surface area contributed by atoms with Crippen molar-refractivity contribution in [1.29, 1.82) is 0 Å². The maximum Gasteiger partial charge on any atom is 0.323 e. The molecule has 1 fully saturated rings. The Labute approximate surface area is 247 Å². The minimum Gasteiger partial charge on any atom is -0.481 e. The summed E-state index contributed by atoms with van der Waals surface area (Å²) in [5.74, 6) is -0.738. The molecule has 2 aromatic heterocycles. The summed E-state index contributed by atoms with van der Waals surface area (Å²) in [5.41, 5.74) is 3.16. The number of nitrogens with zero attached hydrogens (tertiary/aromatic N) is 2. The van der Waals surface area contributed by atoms with E-state index in [1.165, 1.54) is 6.07 Å². The van der Waals surface area contributed by atoms with Gasteiger partial charge in [-0.1, -0.05) is 13.0 Å².